The standard InChI is InChI=1S/C22H20N2O2.CH2O2/c1-2-16-9-6-7-14-20(16)24-22(26)18-12-8-13-19(15-18)23-21(25)17-10-4-3-5-11-17;2-1-3/h3-15H,2H2,1H3,(H,23,25)(H,24,26);1H,(H,2,3). The predicted octanol–water partition coefficient (Wildman–Crippen LogP) is 4.45. The van der Waals surface area contributed by atoms with Crippen molar-refractivity contribution >= 4 is 29.7 Å². The van der Waals surface area contributed by atoms with Gasteiger partial charge >= 0.3 is 0 Å². The minimum absolute atomic E-state index is 0.207. The molecule has 2 amide bonds. The van der Waals surface area contributed by atoms with Gasteiger partial charge in [0.1, 0.15) is 0 Å². The van der Waals surface area contributed by atoms with Gasteiger partial charge in [-0.25, -0.2) is 0 Å². The molecule has 6 nitrogen and oxygen atoms in total. The van der Waals surface area contributed by atoms with E-state index in [0.717, 1.165) is 17.7 Å². The normalized spacial score (nSPS) is 9.55. The number of benzene rings is 3. The number of hydrogen-bond donors (Lipinski definition) is 3. The number of para-hydroxylation sites is 1. The Morgan fingerprint density at radius 1 is 0.828 bits per heavy atom. The summed E-state index contributed by atoms with van der Waals surface area (Å²) in [5, 5.41) is 12.6. The van der Waals surface area contributed by atoms with Crippen LogP contribution in [-0.4, -0.2) is 23.4 Å². The average Bonchev–Trinajstić information content (AvgIpc) is 2.75. The molecule has 148 valence electrons. The van der Waals surface area contributed by atoms with Crippen molar-refractivity contribution < 1.29 is 19.5 Å². The number of carboxylic acid groups (broad SMARTS) is 1. The van der Waals surface area contributed by atoms with E-state index in [4.69, 9.17) is 9.90 Å². The van der Waals surface area contributed by atoms with E-state index in [1.807, 2.05) is 49.4 Å². The lowest BCUT2D eigenvalue weighted by molar-refractivity contribution is -0.122. The van der Waals surface area contributed by atoms with E-state index < -0.39 is 0 Å². The van der Waals surface area contributed by atoms with Gasteiger partial charge in [0.2, 0.25) is 0 Å². The Labute approximate surface area is 169 Å². The van der Waals surface area contributed by atoms with Gasteiger partial charge in [0, 0.05) is 22.5 Å². The number of aryl methyl sites for hydroxylation is 1. The van der Waals surface area contributed by atoms with Crippen LogP contribution in [-0.2, 0) is 11.2 Å². The summed E-state index contributed by atoms with van der Waals surface area (Å²) in [5.41, 5.74) is 3.52. The Morgan fingerprint density at radius 3 is 2.10 bits per heavy atom. The lowest BCUT2D eigenvalue weighted by Crippen LogP contribution is -2.15. The molecule has 0 saturated heterocycles. The van der Waals surface area contributed by atoms with Crippen LogP contribution < -0.4 is 10.6 Å². The largest absolute Gasteiger partial charge is 0.483 e. The summed E-state index contributed by atoms with van der Waals surface area (Å²) in [6.45, 7) is 1.80. The van der Waals surface area contributed by atoms with Gasteiger partial charge in [-0.3, -0.25) is 14.4 Å². The van der Waals surface area contributed by atoms with Crippen molar-refractivity contribution in [3.8, 4) is 0 Å². The first-order chi connectivity index (χ1) is 14.1. The quantitative estimate of drug-likeness (QED) is 0.561. The molecule has 0 bridgehead atoms. The predicted molar refractivity (Wildman–Crippen MR) is 113 cm³/mol. The highest BCUT2D eigenvalue weighted by molar-refractivity contribution is 6.07. The first-order valence-electron chi connectivity index (χ1n) is 9.02. The van der Waals surface area contributed by atoms with Crippen LogP contribution in [0.2, 0.25) is 0 Å². The molecule has 0 atom stereocenters. The van der Waals surface area contributed by atoms with Crippen molar-refractivity contribution in [1.29, 1.82) is 0 Å². The van der Waals surface area contributed by atoms with E-state index in [2.05, 4.69) is 10.6 Å². The van der Waals surface area contributed by atoms with Gasteiger partial charge in [0.05, 0.1) is 0 Å². The number of carbonyl (C=O) groups is 3. The Balaban J connectivity index is 0.000000941. The SMILES string of the molecule is CCc1ccccc1NC(=O)c1cccc(NC(=O)c2ccccc2)c1.O=CO. The monoisotopic (exact) mass is 390 g/mol. The molecule has 29 heavy (non-hydrogen) atoms. The van der Waals surface area contributed by atoms with Gasteiger partial charge in [-0.1, -0.05) is 49.4 Å². The molecule has 6 heteroatoms. The molecule has 3 aromatic rings. The van der Waals surface area contributed by atoms with Crippen LogP contribution in [0.3, 0.4) is 0 Å². The third-order valence-corrected chi connectivity index (χ3v) is 4.07. The summed E-state index contributed by atoms with van der Waals surface area (Å²) in [7, 11) is 0. The molecule has 0 fully saturated rings. The van der Waals surface area contributed by atoms with Crippen molar-refractivity contribution in [2.45, 2.75) is 13.3 Å². The highest BCUT2D eigenvalue weighted by Crippen LogP contribution is 2.18. The second-order valence-corrected chi connectivity index (χ2v) is 5.97. The van der Waals surface area contributed by atoms with Crippen molar-refractivity contribution in [2.75, 3.05) is 10.6 Å². The zero-order valence-corrected chi connectivity index (χ0v) is 16.0. The molecular formula is C23H22N2O4. The summed E-state index contributed by atoms with van der Waals surface area (Å²) in [5.74, 6) is -0.416. The maximum absolute atomic E-state index is 12.6. The summed E-state index contributed by atoms with van der Waals surface area (Å²) in [6.07, 6.45) is 0.837. The first-order valence-corrected chi connectivity index (χ1v) is 9.02. The Bertz CT molecular complexity index is 971. The van der Waals surface area contributed by atoms with E-state index in [9.17, 15) is 9.59 Å². The number of nitrogens with one attached hydrogen (secondary N) is 2. The molecule has 0 aliphatic heterocycles. The molecule has 0 heterocycles. The topological polar surface area (TPSA) is 95.5 Å². The van der Waals surface area contributed by atoms with E-state index >= 15 is 0 Å². The lowest BCUT2D eigenvalue weighted by Gasteiger charge is -2.11. The highest BCUT2D eigenvalue weighted by atomic mass is 16.3. The van der Waals surface area contributed by atoms with Crippen LogP contribution in [0.1, 0.15) is 33.2 Å². The second-order valence-electron chi connectivity index (χ2n) is 5.97. The molecule has 0 saturated carbocycles. The van der Waals surface area contributed by atoms with Gasteiger partial charge in [0.15, 0.2) is 0 Å². The zero-order chi connectivity index (χ0) is 21.1. The van der Waals surface area contributed by atoms with Gasteiger partial charge in [-0.15, -0.1) is 0 Å². The molecule has 3 rings (SSSR count). The molecule has 0 unspecified atom stereocenters. The van der Waals surface area contributed by atoms with E-state index in [1.165, 1.54) is 0 Å². The fourth-order valence-electron chi connectivity index (χ4n) is 2.68. The average molecular weight is 390 g/mol. The van der Waals surface area contributed by atoms with Crippen LogP contribution >= 0.6 is 0 Å². The molecule has 0 aliphatic rings. The lowest BCUT2D eigenvalue weighted by atomic mass is 10.1. The van der Waals surface area contributed by atoms with E-state index in [0.29, 0.717) is 16.8 Å². The maximum Gasteiger partial charge on any atom is 0.290 e. The first kappa shape index (κ1) is 21.4. The van der Waals surface area contributed by atoms with Gasteiger partial charge in [0.25, 0.3) is 18.3 Å². The number of hydrogen-bond acceptors (Lipinski definition) is 3. The van der Waals surface area contributed by atoms with Gasteiger partial charge < -0.3 is 15.7 Å². The number of anilines is 2. The minimum atomic E-state index is -0.250. The molecule has 0 spiro atoms. The fourth-order valence-corrected chi connectivity index (χ4v) is 2.68. The van der Waals surface area contributed by atoms with Crippen LogP contribution in [0.25, 0.3) is 0 Å². The van der Waals surface area contributed by atoms with Crippen molar-refractivity contribution in [2.24, 2.45) is 0 Å². The second kappa shape index (κ2) is 11.0. The summed E-state index contributed by atoms with van der Waals surface area (Å²) in [6, 6.07) is 23.6. The molecule has 3 aromatic carbocycles. The maximum atomic E-state index is 12.6. The highest BCUT2D eigenvalue weighted by Gasteiger charge is 2.10. The smallest absolute Gasteiger partial charge is 0.290 e. The molecule has 0 aliphatic carbocycles. The molecular weight excluding hydrogens is 368 g/mol. The van der Waals surface area contributed by atoms with Gasteiger partial charge in [-0.2, -0.15) is 0 Å². The summed E-state index contributed by atoms with van der Waals surface area (Å²) in [4.78, 5) is 33.2. The molecule has 0 aromatic heterocycles. The third-order valence-electron chi connectivity index (χ3n) is 4.07. The van der Waals surface area contributed by atoms with Crippen LogP contribution in [0.5, 0.6) is 0 Å². The number of amides is 2. The van der Waals surface area contributed by atoms with Crippen molar-refractivity contribution in [3.63, 3.8) is 0 Å². The Kier molecular flexibility index (Phi) is 8.13. The van der Waals surface area contributed by atoms with Gasteiger partial charge in [-0.05, 0) is 48.4 Å². The van der Waals surface area contributed by atoms with Crippen LogP contribution in [0.15, 0.2) is 78.9 Å². The number of rotatable bonds is 5. The summed E-state index contributed by atoms with van der Waals surface area (Å²) >= 11 is 0. The third kappa shape index (κ3) is 6.32. The summed E-state index contributed by atoms with van der Waals surface area (Å²) < 4.78 is 0. The Morgan fingerprint density at radius 2 is 1.41 bits per heavy atom. The zero-order valence-electron chi connectivity index (χ0n) is 16.0. The van der Waals surface area contributed by atoms with Crippen LogP contribution in [0, 0.1) is 0 Å². The van der Waals surface area contributed by atoms with Crippen molar-refractivity contribution in [1.82, 2.24) is 0 Å². The van der Waals surface area contributed by atoms with Crippen LogP contribution in [0.4, 0.5) is 11.4 Å². The molecule has 3 N–H and O–H groups in total. The minimum Gasteiger partial charge on any atom is -0.483 e. The molecule has 0 radical (unpaired) electrons. The Hall–Kier alpha value is -3.93. The van der Waals surface area contributed by atoms with E-state index in [-0.39, 0.29) is 18.3 Å². The van der Waals surface area contributed by atoms with E-state index in [1.54, 1.807) is 36.4 Å². The fraction of sp³-hybridized carbons (Fsp3) is 0.0870. The van der Waals surface area contributed by atoms with Crippen molar-refractivity contribution in [3.05, 3.63) is 95.6 Å². The number of carbonyl (C=O) groups excluding carboxylic acids is 2.